The molecule has 0 spiro atoms. The van der Waals surface area contributed by atoms with Crippen molar-refractivity contribution in [2.24, 2.45) is 0 Å². The zero-order chi connectivity index (χ0) is 19.0. The summed E-state index contributed by atoms with van der Waals surface area (Å²) < 4.78 is 4.95. The summed E-state index contributed by atoms with van der Waals surface area (Å²) in [6.07, 6.45) is 0. The fourth-order valence-corrected chi connectivity index (χ4v) is 5.48. The van der Waals surface area contributed by atoms with Gasteiger partial charge >= 0.3 is 11.9 Å². The first-order valence-electron chi connectivity index (χ1n) is 7.70. The van der Waals surface area contributed by atoms with E-state index in [0.717, 1.165) is 4.88 Å². The van der Waals surface area contributed by atoms with Crippen LogP contribution in [-0.2, 0) is 23.9 Å². The molecule has 1 fully saturated rings. The van der Waals surface area contributed by atoms with Crippen LogP contribution in [0.2, 0.25) is 0 Å². The van der Waals surface area contributed by atoms with E-state index in [0.29, 0.717) is 0 Å². The lowest BCUT2D eigenvalue weighted by Crippen LogP contribution is -2.62. The van der Waals surface area contributed by atoms with Crippen molar-refractivity contribution in [1.82, 2.24) is 10.2 Å². The van der Waals surface area contributed by atoms with E-state index in [2.05, 4.69) is 5.32 Å². The normalized spacial score (nSPS) is 24.6. The van der Waals surface area contributed by atoms with E-state index in [1.165, 1.54) is 41.8 Å². The molecule has 0 aromatic carbocycles. The van der Waals surface area contributed by atoms with E-state index in [1.54, 1.807) is 0 Å². The van der Waals surface area contributed by atoms with Gasteiger partial charge in [-0.15, -0.1) is 23.1 Å². The molecule has 2 N–H and O–H groups in total. The molecule has 138 valence electrons. The van der Waals surface area contributed by atoms with E-state index >= 15 is 0 Å². The third-order valence-corrected chi connectivity index (χ3v) is 6.39. The highest BCUT2D eigenvalue weighted by Crippen LogP contribution is 2.51. The van der Waals surface area contributed by atoms with Gasteiger partial charge < -0.3 is 15.2 Å². The van der Waals surface area contributed by atoms with Crippen LogP contribution in [0.5, 0.6) is 0 Å². The topological polar surface area (TPSA) is 113 Å². The van der Waals surface area contributed by atoms with Gasteiger partial charge in [0.25, 0.3) is 0 Å². The van der Waals surface area contributed by atoms with E-state index < -0.39 is 28.6 Å². The van der Waals surface area contributed by atoms with Crippen LogP contribution in [0.4, 0.5) is 0 Å². The van der Waals surface area contributed by atoms with Crippen LogP contribution >= 0.6 is 23.1 Å². The fraction of sp³-hybridized carbons (Fsp3) is 0.375. The van der Waals surface area contributed by atoms with Gasteiger partial charge in [-0.1, -0.05) is 6.07 Å². The molecule has 10 heteroatoms. The van der Waals surface area contributed by atoms with Crippen LogP contribution < -0.4 is 5.32 Å². The zero-order valence-electron chi connectivity index (χ0n) is 13.9. The number of thiophene rings is 1. The number of esters is 1. The Kier molecular flexibility index (Phi) is 5.05. The van der Waals surface area contributed by atoms with Crippen molar-refractivity contribution in [1.29, 1.82) is 0 Å². The summed E-state index contributed by atoms with van der Waals surface area (Å²) in [6.45, 7) is 2.21. The third kappa shape index (κ3) is 3.21. The number of amides is 2. The Bertz CT molecular complexity index is 804. The van der Waals surface area contributed by atoms with Crippen LogP contribution in [0.25, 0.3) is 0 Å². The monoisotopic (exact) mass is 396 g/mol. The smallest absolute Gasteiger partial charge is 0.352 e. The minimum atomic E-state index is -1.30. The maximum atomic E-state index is 12.6. The Balaban J connectivity index is 2.00. The molecule has 3 heterocycles. The van der Waals surface area contributed by atoms with Crippen LogP contribution in [0, 0.1) is 0 Å². The Morgan fingerprint density at radius 1 is 1.35 bits per heavy atom. The summed E-state index contributed by atoms with van der Waals surface area (Å²) in [4.78, 5) is 49.3. The molecule has 3 rings (SSSR count). The predicted octanol–water partition coefficient (Wildman–Crippen LogP) is 1.11. The van der Waals surface area contributed by atoms with E-state index in [4.69, 9.17) is 4.74 Å². The lowest BCUT2D eigenvalue weighted by Gasteiger charge is -2.51. The molecule has 1 aromatic heterocycles. The molecule has 8 nitrogen and oxygen atoms in total. The number of carboxylic acids is 1. The average Bonchev–Trinajstić information content (AvgIpc) is 3.05. The summed E-state index contributed by atoms with van der Waals surface area (Å²) in [5.41, 5.74) is -0.0475. The van der Waals surface area contributed by atoms with E-state index in [-0.39, 0.29) is 29.7 Å². The number of nitrogens with one attached hydrogen (secondary N) is 1. The average molecular weight is 396 g/mol. The highest BCUT2D eigenvalue weighted by atomic mass is 32.2. The molecule has 1 aromatic rings. The van der Waals surface area contributed by atoms with Gasteiger partial charge in [-0.25, -0.2) is 4.79 Å². The number of thioether (sulfide) groups is 1. The van der Waals surface area contributed by atoms with Gasteiger partial charge in [0.1, 0.15) is 29.0 Å². The van der Waals surface area contributed by atoms with Crippen molar-refractivity contribution in [3.63, 3.8) is 0 Å². The molecule has 2 aliphatic heterocycles. The Hall–Kier alpha value is -2.33. The van der Waals surface area contributed by atoms with Crippen molar-refractivity contribution < 1.29 is 29.0 Å². The first kappa shape index (κ1) is 18.5. The number of β-lactam (4-membered cyclic amide) rings is 1. The van der Waals surface area contributed by atoms with Crippen molar-refractivity contribution in [2.75, 3.05) is 6.61 Å². The quantitative estimate of drug-likeness (QED) is 0.566. The second-order valence-corrected chi connectivity index (χ2v) is 7.97. The van der Waals surface area contributed by atoms with Gasteiger partial charge in [0.2, 0.25) is 11.8 Å². The summed E-state index contributed by atoms with van der Waals surface area (Å²) in [7, 11) is 0. The molecule has 1 unspecified atom stereocenters. The van der Waals surface area contributed by atoms with E-state index in [9.17, 15) is 24.3 Å². The second kappa shape index (κ2) is 7.12. The molecule has 0 aliphatic carbocycles. The summed E-state index contributed by atoms with van der Waals surface area (Å²) in [5, 5.41) is 13.1. The second-order valence-electron chi connectivity index (χ2n) is 5.77. The van der Waals surface area contributed by atoms with Crippen molar-refractivity contribution in [3.8, 4) is 0 Å². The van der Waals surface area contributed by atoms with Gasteiger partial charge in [-0.3, -0.25) is 19.3 Å². The Labute approximate surface area is 157 Å². The lowest BCUT2D eigenvalue weighted by atomic mass is 9.93. The number of rotatable bonds is 5. The number of ether oxygens (including phenoxy) is 1. The SMILES string of the molecule is CC(=O)NC1S[C@@H]2[C@H](c3cccs3)C(=O)N2C(C(=O)O)=C1COC(C)=O. The predicted molar refractivity (Wildman–Crippen MR) is 94.2 cm³/mol. The van der Waals surface area contributed by atoms with Crippen molar-refractivity contribution in [2.45, 2.75) is 30.5 Å². The van der Waals surface area contributed by atoms with Gasteiger partial charge in [0.15, 0.2) is 0 Å². The maximum absolute atomic E-state index is 12.6. The zero-order valence-corrected chi connectivity index (χ0v) is 15.6. The van der Waals surface area contributed by atoms with Gasteiger partial charge in [-0.05, 0) is 11.4 Å². The van der Waals surface area contributed by atoms with Gasteiger partial charge in [0.05, 0.1) is 0 Å². The number of carbonyl (C=O) groups excluding carboxylic acids is 3. The highest BCUT2D eigenvalue weighted by Gasteiger charge is 2.56. The summed E-state index contributed by atoms with van der Waals surface area (Å²) in [6, 6.07) is 3.66. The van der Waals surface area contributed by atoms with Crippen LogP contribution in [-0.4, -0.2) is 51.1 Å². The fourth-order valence-electron chi connectivity index (χ4n) is 2.94. The molecular formula is C16H16N2O6S2. The lowest BCUT2D eigenvalue weighted by molar-refractivity contribution is -0.148. The Morgan fingerprint density at radius 2 is 2.08 bits per heavy atom. The van der Waals surface area contributed by atoms with Crippen molar-refractivity contribution in [3.05, 3.63) is 33.7 Å². The molecule has 0 saturated carbocycles. The van der Waals surface area contributed by atoms with Crippen LogP contribution in [0.15, 0.2) is 28.8 Å². The van der Waals surface area contributed by atoms with Gasteiger partial charge in [0, 0.05) is 24.3 Å². The van der Waals surface area contributed by atoms with E-state index in [1.807, 2.05) is 17.5 Å². The number of aliphatic carboxylic acids is 1. The number of carboxylic acid groups (broad SMARTS) is 1. The standard InChI is InChI=1S/C16H16N2O6S2/c1-7(19)17-13-9(6-24-8(2)20)12(16(22)23)18-14(21)11(15(18)26-13)10-4-3-5-25-10/h3-5,11,13,15H,6H2,1-2H3,(H,17,19)(H,22,23)/t11-,13?,15-/m1/s1. The summed E-state index contributed by atoms with van der Waals surface area (Å²) >= 11 is 2.69. The molecule has 1 saturated heterocycles. The van der Waals surface area contributed by atoms with Crippen LogP contribution in [0.1, 0.15) is 24.6 Å². The highest BCUT2D eigenvalue weighted by molar-refractivity contribution is 8.00. The number of hydrogen-bond acceptors (Lipinski definition) is 7. The van der Waals surface area contributed by atoms with Crippen molar-refractivity contribution >= 4 is 46.9 Å². The molecule has 0 bridgehead atoms. The third-order valence-electron chi connectivity index (χ3n) is 4.00. The first-order valence-corrected chi connectivity index (χ1v) is 9.52. The molecule has 2 amide bonds. The minimum absolute atomic E-state index is 0.183. The van der Waals surface area contributed by atoms with Gasteiger partial charge in [-0.2, -0.15) is 0 Å². The molecule has 2 aliphatic rings. The Morgan fingerprint density at radius 3 is 2.62 bits per heavy atom. The molecule has 26 heavy (non-hydrogen) atoms. The number of fused-ring (bicyclic) bond motifs is 1. The maximum Gasteiger partial charge on any atom is 0.352 e. The number of carbonyl (C=O) groups is 4. The number of hydrogen-bond donors (Lipinski definition) is 2. The number of nitrogens with zero attached hydrogens (tertiary/aromatic N) is 1. The minimum Gasteiger partial charge on any atom is -0.477 e. The largest absolute Gasteiger partial charge is 0.477 e. The summed E-state index contributed by atoms with van der Waals surface area (Å²) in [5.74, 6) is -3.00. The molecule has 0 radical (unpaired) electrons. The first-order chi connectivity index (χ1) is 12.3. The molecular weight excluding hydrogens is 380 g/mol. The molecule has 3 atom stereocenters. The van der Waals surface area contributed by atoms with Crippen LogP contribution in [0.3, 0.4) is 0 Å².